The van der Waals surface area contributed by atoms with Gasteiger partial charge in [0.25, 0.3) is 0 Å². The van der Waals surface area contributed by atoms with Crippen LogP contribution in [-0.4, -0.2) is 44.5 Å². The quantitative estimate of drug-likeness (QED) is 0.651. The number of methoxy groups -OCH3 is 1. The van der Waals surface area contributed by atoms with Gasteiger partial charge in [0.2, 0.25) is 0 Å². The lowest BCUT2D eigenvalue weighted by atomic mass is 9.92. The summed E-state index contributed by atoms with van der Waals surface area (Å²) >= 11 is 0. The van der Waals surface area contributed by atoms with Crippen LogP contribution in [0.3, 0.4) is 0 Å². The molecule has 13 heavy (non-hydrogen) atoms. The molecule has 1 fully saturated rings. The summed E-state index contributed by atoms with van der Waals surface area (Å²) < 4.78 is 11.0. The lowest BCUT2D eigenvalue weighted by molar-refractivity contribution is -0.217. The van der Waals surface area contributed by atoms with Crippen molar-refractivity contribution in [3.8, 4) is 0 Å². The highest BCUT2D eigenvalue weighted by atomic mass is 16.7. The maximum absolute atomic E-state index is 5.68. The van der Waals surface area contributed by atoms with Crippen molar-refractivity contribution in [2.75, 3.05) is 21.2 Å². The van der Waals surface area contributed by atoms with Gasteiger partial charge in [-0.2, -0.15) is 0 Å². The first kappa shape index (κ1) is 11.0. The molecule has 4 unspecified atom stereocenters. The molecule has 0 bridgehead atoms. The molecule has 1 aliphatic rings. The molecule has 0 N–H and O–H groups in total. The van der Waals surface area contributed by atoms with Crippen LogP contribution in [0.15, 0.2) is 0 Å². The topological polar surface area (TPSA) is 21.7 Å². The third-order valence-corrected chi connectivity index (χ3v) is 2.87. The molecule has 0 radical (unpaired) electrons. The number of ether oxygens (including phenoxy) is 2. The van der Waals surface area contributed by atoms with E-state index in [-0.39, 0.29) is 6.29 Å². The molecule has 1 rings (SSSR count). The molecule has 1 heterocycles. The molecule has 3 heteroatoms. The van der Waals surface area contributed by atoms with Gasteiger partial charge in [0.15, 0.2) is 6.29 Å². The highest BCUT2D eigenvalue weighted by molar-refractivity contribution is 4.82. The summed E-state index contributed by atoms with van der Waals surface area (Å²) in [5, 5.41) is 0. The molecule has 0 saturated carbocycles. The van der Waals surface area contributed by atoms with E-state index in [9.17, 15) is 0 Å². The van der Waals surface area contributed by atoms with Gasteiger partial charge in [0.05, 0.1) is 6.10 Å². The van der Waals surface area contributed by atoms with E-state index in [2.05, 4.69) is 32.8 Å². The van der Waals surface area contributed by atoms with Crippen LogP contribution in [0.1, 0.15) is 20.3 Å². The van der Waals surface area contributed by atoms with E-state index in [0.717, 1.165) is 6.42 Å². The number of hydrogen-bond donors (Lipinski definition) is 0. The average molecular weight is 187 g/mol. The fourth-order valence-electron chi connectivity index (χ4n) is 2.10. The van der Waals surface area contributed by atoms with Crippen molar-refractivity contribution in [1.29, 1.82) is 0 Å². The van der Waals surface area contributed by atoms with E-state index in [4.69, 9.17) is 9.47 Å². The molecule has 0 amide bonds. The van der Waals surface area contributed by atoms with Gasteiger partial charge in [0, 0.05) is 19.1 Å². The molecule has 0 aliphatic carbocycles. The maximum Gasteiger partial charge on any atom is 0.161 e. The van der Waals surface area contributed by atoms with Crippen LogP contribution in [0.2, 0.25) is 0 Å². The zero-order valence-electron chi connectivity index (χ0n) is 9.28. The summed E-state index contributed by atoms with van der Waals surface area (Å²) in [5.74, 6) is 0.441. The molecule has 1 aliphatic heterocycles. The van der Waals surface area contributed by atoms with E-state index in [1.807, 2.05) is 0 Å². The van der Waals surface area contributed by atoms with Gasteiger partial charge in [0.1, 0.15) is 0 Å². The standard InChI is InChI=1S/C10H21NO2/c1-7-6-9(11(3)4)8(2)10(12-5)13-7/h7-10H,6H2,1-5H3. The Labute approximate surface area is 81.0 Å². The van der Waals surface area contributed by atoms with Gasteiger partial charge < -0.3 is 14.4 Å². The largest absolute Gasteiger partial charge is 0.356 e. The smallest absolute Gasteiger partial charge is 0.161 e. The predicted octanol–water partition coefficient (Wildman–Crippen LogP) is 1.33. The van der Waals surface area contributed by atoms with E-state index in [1.54, 1.807) is 7.11 Å². The van der Waals surface area contributed by atoms with Crippen LogP contribution >= 0.6 is 0 Å². The first-order valence-corrected chi connectivity index (χ1v) is 4.91. The highest BCUT2D eigenvalue weighted by Crippen LogP contribution is 2.27. The minimum atomic E-state index is -0.0452. The first-order valence-electron chi connectivity index (χ1n) is 4.91. The second-order valence-corrected chi connectivity index (χ2v) is 4.18. The van der Waals surface area contributed by atoms with Gasteiger partial charge in [-0.3, -0.25) is 0 Å². The Kier molecular flexibility index (Phi) is 3.71. The zero-order chi connectivity index (χ0) is 10.0. The second-order valence-electron chi connectivity index (χ2n) is 4.18. The second kappa shape index (κ2) is 4.40. The Hall–Kier alpha value is -0.120. The number of rotatable bonds is 2. The highest BCUT2D eigenvalue weighted by Gasteiger charge is 2.35. The van der Waals surface area contributed by atoms with Crippen molar-refractivity contribution >= 4 is 0 Å². The molecule has 1 saturated heterocycles. The summed E-state index contributed by atoms with van der Waals surface area (Å²) in [4.78, 5) is 2.26. The Morgan fingerprint density at radius 1 is 1.31 bits per heavy atom. The van der Waals surface area contributed by atoms with Crippen LogP contribution in [0.4, 0.5) is 0 Å². The molecule has 78 valence electrons. The van der Waals surface area contributed by atoms with E-state index < -0.39 is 0 Å². The molecule has 3 nitrogen and oxygen atoms in total. The summed E-state index contributed by atoms with van der Waals surface area (Å²) in [6, 6.07) is 0.564. The van der Waals surface area contributed by atoms with Crippen LogP contribution in [0, 0.1) is 5.92 Å². The van der Waals surface area contributed by atoms with E-state index >= 15 is 0 Å². The minimum Gasteiger partial charge on any atom is -0.356 e. The number of hydrogen-bond acceptors (Lipinski definition) is 3. The molecule has 0 spiro atoms. The molecular weight excluding hydrogens is 166 g/mol. The Balaban J connectivity index is 2.63. The lowest BCUT2D eigenvalue weighted by Gasteiger charge is -2.41. The van der Waals surface area contributed by atoms with Gasteiger partial charge in [-0.15, -0.1) is 0 Å². The zero-order valence-corrected chi connectivity index (χ0v) is 9.28. The van der Waals surface area contributed by atoms with Crippen molar-refractivity contribution < 1.29 is 9.47 Å². The SMILES string of the molecule is COC1OC(C)CC(N(C)C)C1C. The third-order valence-electron chi connectivity index (χ3n) is 2.87. The maximum atomic E-state index is 5.68. The van der Waals surface area contributed by atoms with Crippen molar-refractivity contribution in [3.05, 3.63) is 0 Å². The van der Waals surface area contributed by atoms with Crippen molar-refractivity contribution in [2.24, 2.45) is 5.92 Å². The van der Waals surface area contributed by atoms with Gasteiger partial charge in [-0.25, -0.2) is 0 Å². The molecule has 0 aromatic carbocycles. The van der Waals surface area contributed by atoms with Crippen LogP contribution in [0.25, 0.3) is 0 Å². The fraction of sp³-hybridized carbons (Fsp3) is 1.00. The molecule has 0 aromatic rings. The Morgan fingerprint density at radius 3 is 2.38 bits per heavy atom. The minimum absolute atomic E-state index is 0.0452. The average Bonchev–Trinajstić information content (AvgIpc) is 2.08. The molecular formula is C10H21NO2. The van der Waals surface area contributed by atoms with E-state index in [1.165, 1.54) is 0 Å². The fourth-order valence-corrected chi connectivity index (χ4v) is 2.10. The van der Waals surface area contributed by atoms with Crippen LogP contribution in [-0.2, 0) is 9.47 Å². The summed E-state index contributed by atoms with van der Waals surface area (Å²) in [7, 11) is 5.95. The molecule has 0 aromatic heterocycles. The lowest BCUT2D eigenvalue weighted by Crippen LogP contribution is -2.48. The number of nitrogens with zero attached hydrogens (tertiary/aromatic N) is 1. The van der Waals surface area contributed by atoms with Crippen molar-refractivity contribution in [2.45, 2.75) is 38.7 Å². The van der Waals surface area contributed by atoms with Gasteiger partial charge >= 0.3 is 0 Å². The summed E-state index contributed by atoms with van der Waals surface area (Å²) in [6.07, 6.45) is 1.35. The van der Waals surface area contributed by atoms with Crippen molar-refractivity contribution in [3.63, 3.8) is 0 Å². The van der Waals surface area contributed by atoms with Gasteiger partial charge in [-0.05, 0) is 27.4 Å². The molecule has 4 atom stereocenters. The monoisotopic (exact) mass is 187 g/mol. The normalized spacial score (nSPS) is 41.1. The first-order chi connectivity index (χ1) is 6.06. The van der Waals surface area contributed by atoms with E-state index in [0.29, 0.717) is 18.1 Å². The Bertz CT molecular complexity index is 161. The van der Waals surface area contributed by atoms with Crippen LogP contribution in [0.5, 0.6) is 0 Å². The van der Waals surface area contributed by atoms with Gasteiger partial charge in [-0.1, -0.05) is 6.92 Å². The predicted molar refractivity (Wildman–Crippen MR) is 52.6 cm³/mol. The summed E-state index contributed by atoms with van der Waals surface area (Å²) in [6.45, 7) is 4.29. The van der Waals surface area contributed by atoms with Crippen LogP contribution < -0.4 is 0 Å². The van der Waals surface area contributed by atoms with Crippen molar-refractivity contribution in [1.82, 2.24) is 4.90 Å². The third kappa shape index (κ3) is 2.42. The Morgan fingerprint density at radius 2 is 1.92 bits per heavy atom. The summed E-state index contributed by atoms with van der Waals surface area (Å²) in [5.41, 5.74) is 0.